The highest BCUT2D eigenvalue weighted by Crippen LogP contribution is 2.23. The predicted octanol–water partition coefficient (Wildman–Crippen LogP) is 3.84. The van der Waals surface area contributed by atoms with Crippen LogP contribution in [0.3, 0.4) is 0 Å². The fourth-order valence-corrected chi connectivity index (χ4v) is 2.89. The van der Waals surface area contributed by atoms with Crippen LogP contribution in [0.5, 0.6) is 0 Å². The van der Waals surface area contributed by atoms with E-state index in [1.807, 2.05) is 45.0 Å². The molecule has 0 saturated carbocycles. The lowest BCUT2D eigenvalue weighted by atomic mass is 10.0. The molecule has 2 amide bonds. The van der Waals surface area contributed by atoms with Crippen LogP contribution in [-0.2, 0) is 16.0 Å². The highest BCUT2D eigenvalue weighted by molar-refractivity contribution is 6.22. The van der Waals surface area contributed by atoms with Gasteiger partial charge in [0.2, 0.25) is 0 Å². The Morgan fingerprint density at radius 1 is 0.963 bits per heavy atom. The fraction of sp³-hybridized carbons (Fsp3) is 0.227. The van der Waals surface area contributed by atoms with Crippen LogP contribution in [0.1, 0.15) is 52.6 Å². The maximum atomic E-state index is 12.4. The van der Waals surface area contributed by atoms with E-state index in [4.69, 9.17) is 4.74 Å². The van der Waals surface area contributed by atoms with Crippen molar-refractivity contribution in [2.45, 2.75) is 32.8 Å². The minimum absolute atomic E-state index is 0.111. The molecule has 0 unspecified atom stereocenters. The second-order valence-electron chi connectivity index (χ2n) is 7.30. The molecule has 0 spiro atoms. The predicted molar refractivity (Wildman–Crippen MR) is 102 cm³/mol. The quantitative estimate of drug-likeness (QED) is 0.612. The summed E-state index contributed by atoms with van der Waals surface area (Å²) in [5, 5.41) is 0. The molecule has 1 aliphatic rings. The molecule has 27 heavy (non-hydrogen) atoms. The summed E-state index contributed by atoms with van der Waals surface area (Å²) in [6.07, 6.45) is 3.24. The van der Waals surface area contributed by atoms with Gasteiger partial charge in [-0.2, -0.15) is 0 Å². The van der Waals surface area contributed by atoms with Crippen LogP contribution >= 0.6 is 0 Å². The van der Waals surface area contributed by atoms with Crippen molar-refractivity contribution in [3.63, 3.8) is 0 Å². The van der Waals surface area contributed by atoms with Crippen molar-refractivity contribution in [3.8, 4) is 0 Å². The maximum absolute atomic E-state index is 12.4. The summed E-state index contributed by atoms with van der Waals surface area (Å²) >= 11 is 0. The Bertz CT molecular complexity index is 902. The van der Waals surface area contributed by atoms with Gasteiger partial charge in [-0.1, -0.05) is 36.4 Å². The van der Waals surface area contributed by atoms with Gasteiger partial charge in [-0.05, 0) is 50.1 Å². The minimum atomic E-state index is -0.554. The molecule has 3 rings (SSSR count). The van der Waals surface area contributed by atoms with E-state index >= 15 is 0 Å². The number of nitrogens with zero attached hydrogens (tertiary/aromatic N) is 1. The Morgan fingerprint density at radius 3 is 2.11 bits per heavy atom. The lowest BCUT2D eigenvalue weighted by Gasteiger charge is -2.19. The van der Waals surface area contributed by atoms with E-state index in [1.165, 1.54) is 6.20 Å². The molecule has 0 bridgehead atoms. The number of fused-ring (bicyclic) bond motifs is 1. The third-order valence-corrected chi connectivity index (χ3v) is 4.04. The Kier molecular flexibility index (Phi) is 4.95. The van der Waals surface area contributed by atoms with E-state index in [0.29, 0.717) is 11.1 Å². The summed E-state index contributed by atoms with van der Waals surface area (Å²) < 4.78 is 5.37. The number of carbonyl (C=O) groups excluding carboxylic acids is 3. The first-order valence-corrected chi connectivity index (χ1v) is 8.71. The zero-order valence-electron chi connectivity index (χ0n) is 15.6. The average Bonchev–Trinajstić information content (AvgIpc) is 2.84. The van der Waals surface area contributed by atoms with E-state index in [9.17, 15) is 14.4 Å². The summed E-state index contributed by atoms with van der Waals surface area (Å²) in [5.74, 6) is -1.03. The third-order valence-electron chi connectivity index (χ3n) is 4.04. The van der Waals surface area contributed by atoms with Gasteiger partial charge in [0.25, 0.3) is 11.8 Å². The van der Waals surface area contributed by atoms with E-state index < -0.39 is 5.60 Å². The summed E-state index contributed by atoms with van der Waals surface area (Å²) in [5.41, 5.74) is 1.75. The summed E-state index contributed by atoms with van der Waals surface area (Å²) in [7, 11) is 0. The van der Waals surface area contributed by atoms with Gasteiger partial charge in [-0.25, -0.2) is 4.90 Å². The van der Waals surface area contributed by atoms with Crippen molar-refractivity contribution in [1.82, 2.24) is 4.90 Å². The van der Waals surface area contributed by atoms with Crippen LogP contribution in [0, 0.1) is 0 Å². The van der Waals surface area contributed by atoms with E-state index in [2.05, 4.69) is 0 Å². The van der Waals surface area contributed by atoms with Gasteiger partial charge >= 0.3 is 5.97 Å². The van der Waals surface area contributed by atoms with E-state index in [1.54, 1.807) is 30.3 Å². The highest BCUT2D eigenvalue weighted by Gasteiger charge is 2.33. The third kappa shape index (κ3) is 4.14. The van der Waals surface area contributed by atoms with Gasteiger partial charge in [-0.3, -0.25) is 14.4 Å². The van der Waals surface area contributed by atoms with Crippen LogP contribution in [0.25, 0.3) is 6.08 Å². The number of amides is 2. The topological polar surface area (TPSA) is 63.7 Å². The number of carbonyl (C=O) groups is 3. The van der Waals surface area contributed by atoms with Gasteiger partial charge in [0.1, 0.15) is 5.60 Å². The van der Waals surface area contributed by atoms with Gasteiger partial charge in [0.05, 0.1) is 17.5 Å². The Hall–Kier alpha value is -3.21. The van der Waals surface area contributed by atoms with Crippen molar-refractivity contribution in [2.24, 2.45) is 0 Å². The number of imide groups is 1. The van der Waals surface area contributed by atoms with Crippen molar-refractivity contribution in [3.05, 3.63) is 77.0 Å². The summed E-state index contributed by atoms with van der Waals surface area (Å²) in [6, 6.07) is 14.1. The van der Waals surface area contributed by atoms with Crippen LogP contribution < -0.4 is 0 Å². The number of rotatable bonds is 4. The first-order chi connectivity index (χ1) is 12.8. The van der Waals surface area contributed by atoms with Gasteiger partial charge in [0, 0.05) is 6.20 Å². The van der Waals surface area contributed by atoms with Gasteiger partial charge in [0.15, 0.2) is 0 Å². The molecule has 0 N–H and O–H groups in total. The molecule has 0 atom stereocenters. The smallest absolute Gasteiger partial charge is 0.310 e. The molecule has 1 aliphatic heterocycles. The van der Waals surface area contributed by atoms with Crippen molar-refractivity contribution in [1.29, 1.82) is 0 Å². The maximum Gasteiger partial charge on any atom is 0.310 e. The first-order valence-electron chi connectivity index (χ1n) is 8.71. The molecular formula is C22H21NO4. The molecule has 0 aromatic heterocycles. The molecule has 0 radical (unpaired) electrons. The summed E-state index contributed by atoms with van der Waals surface area (Å²) in [4.78, 5) is 38.1. The number of ether oxygens (including phenoxy) is 1. The van der Waals surface area contributed by atoms with Crippen LogP contribution in [0.15, 0.2) is 54.7 Å². The van der Waals surface area contributed by atoms with Crippen molar-refractivity contribution >= 4 is 23.9 Å². The Balaban J connectivity index is 1.80. The molecule has 5 heteroatoms. The second kappa shape index (κ2) is 7.19. The molecule has 0 saturated heterocycles. The molecule has 1 heterocycles. The zero-order chi connectivity index (χ0) is 19.6. The average molecular weight is 363 g/mol. The Morgan fingerprint density at radius 2 is 1.52 bits per heavy atom. The molecular weight excluding hydrogens is 342 g/mol. The second-order valence-corrected chi connectivity index (χ2v) is 7.30. The van der Waals surface area contributed by atoms with E-state index in [-0.39, 0.29) is 24.2 Å². The van der Waals surface area contributed by atoms with Crippen LogP contribution in [0.4, 0.5) is 0 Å². The molecule has 5 nitrogen and oxygen atoms in total. The first kappa shape index (κ1) is 18.6. The molecule has 0 aliphatic carbocycles. The molecule has 0 fully saturated rings. The molecule has 138 valence electrons. The monoisotopic (exact) mass is 363 g/mol. The summed E-state index contributed by atoms with van der Waals surface area (Å²) in [6.45, 7) is 5.46. The Labute approximate surface area is 158 Å². The minimum Gasteiger partial charge on any atom is -0.460 e. The van der Waals surface area contributed by atoms with Crippen LogP contribution in [-0.4, -0.2) is 28.3 Å². The van der Waals surface area contributed by atoms with Crippen LogP contribution in [0.2, 0.25) is 0 Å². The number of benzene rings is 2. The normalized spacial score (nSPS) is 14.0. The van der Waals surface area contributed by atoms with Gasteiger partial charge in [-0.15, -0.1) is 0 Å². The SMILES string of the molecule is CC(C)(C)OC(=O)Cc1ccccc1C=CN1C(=O)c2ccccc2C1=O. The standard InChI is InChI=1S/C22H21NO4/c1-22(2,3)27-19(24)14-16-9-5-4-8-15(16)12-13-23-20(25)17-10-6-7-11-18(17)21(23)26/h4-13H,14H2,1-3H3. The zero-order valence-corrected chi connectivity index (χ0v) is 15.6. The lowest BCUT2D eigenvalue weighted by Crippen LogP contribution is -2.25. The van der Waals surface area contributed by atoms with Crippen molar-refractivity contribution < 1.29 is 19.1 Å². The highest BCUT2D eigenvalue weighted by atomic mass is 16.6. The number of esters is 1. The van der Waals surface area contributed by atoms with Gasteiger partial charge < -0.3 is 4.74 Å². The molecule has 2 aromatic rings. The molecule has 2 aromatic carbocycles. The largest absolute Gasteiger partial charge is 0.460 e. The van der Waals surface area contributed by atoms with E-state index in [0.717, 1.165) is 16.0 Å². The number of hydrogen-bond acceptors (Lipinski definition) is 4. The fourth-order valence-electron chi connectivity index (χ4n) is 2.89. The number of hydrogen-bond donors (Lipinski definition) is 0. The van der Waals surface area contributed by atoms with Crippen molar-refractivity contribution in [2.75, 3.05) is 0 Å². The lowest BCUT2D eigenvalue weighted by molar-refractivity contribution is -0.153.